The quantitative estimate of drug-likeness (QED) is 0.619. The lowest BCUT2D eigenvalue weighted by Gasteiger charge is -2.22. The van der Waals surface area contributed by atoms with Crippen molar-refractivity contribution < 1.29 is 13.9 Å². The summed E-state index contributed by atoms with van der Waals surface area (Å²) in [4.78, 5) is 31.4. The van der Waals surface area contributed by atoms with Crippen molar-refractivity contribution >= 4 is 34.7 Å². The smallest absolute Gasteiger partial charge is 0.338 e. The third kappa shape index (κ3) is 3.04. The Morgan fingerprint density at radius 2 is 2.07 bits per heavy atom. The SMILES string of the molecule is COC(=O)C1=C(C)N=c2s/c(=C\c3ccccc3F)c(=O)n2C1c1cccs1. The number of esters is 1. The lowest BCUT2D eigenvalue weighted by atomic mass is 10.0. The van der Waals surface area contributed by atoms with Crippen LogP contribution in [0.1, 0.15) is 23.4 Å². The lowest BCUT2D eigenvalue weighted by Crippen LogP contribution is -2.39. The summed E-state index contributed by atoms with van der Waals surface area (Å²) in [6, 6.07) is 9.36. The van der Waals surface area contributed by atoms with E-state index in [4.69, 9.17) is 4.74 Å². The monoisotopic (exact) mass is 414 g/mol. The molecule has 1 aliphatic heterocycles. The molecule has 3 heterocycles. The van der Waals surface area contributed by atoms with E-state index in [1.54, 1.807) is 25.1 Å². The van der Waals surface area contributed by atoms with Crippen LogP contribution >= 0.6 is 22.7 Å². The molecule has 1 unspecified atom stereocenters. The standard InChI is InChI=1S/C20H15FN2O3S2/c1-11-16(19(25)26-2)17(14-8-5-9-27-14)23-18(24)15(28-20(23)22-11)10-12-6-3-4-7-13(12)21/h3-10,17H,1-2H3/b15-10-. The summed E-state index contributed by atoms with van der Waals surface area (Å²) in [5.74, 6) is -0.933. The highest BCUT2D eigenvalue weighted by Gasteiger charge is 2.33. The van der Waals surface area contributed by atoms with E-state index < -0.39 is 17.8 Å². The maximum absolute atomic E-state index is 14.0. The Hall–Kier alpha value is -2.84. The highest BCUT2D eigenvalue weighted by molar-refractivity contribution is 7.10. The Bertz CT molecular complexity index is 1270. The fourth-order valence-electron chi connectivity index (χ4n) is 3.14. The molecule has 0 saturated heterocycles. The number of nitrogens with zero attached hydrogens (tertiary/aromatic N) is 2. The van der Waals surface area contributed by atoms with E-state index in [1.807, 2.05) is 17.5 Å². The molecule has 0 bridgehead atoms. The van der Waals surface area contributed by atoms with Crippen LogP contribution in [-0.4, -0.2) is 17.6 Å². The highest BCUT2D eigenvalue weighted by atomic mass is 32.1. The van der Waals surface area contributed by atoms with Crippen LogP contribution in [0.5, 0.6) is 0 Å². The first-order valence-electron chi connectivity index (χ1n) is 8.40. The summed E-state index contributed by atoms with van der Waals surface area (Å²) in [6.45, 7) is 1.72. The zero-order valence-electron chi connectivity index (χ0n) is 15.0. The molecule has 3 aromatic rings. The van der Waals surface area contributed by atoms with Crippen molar-refractivity contribution in [3.05, 3.63) is 89.0 Å². The molecular weight excluding hydrogens is 399 g/mol. The molecule has 5 nitrogen and oxygen atoms in total. The molecule has 4 rings (SSSR count). The summed E-state index contributed by atoms with van der Waals surface area (Å²) < 4.78 is 20.8. The number of thiazole rings is 1. The minimum atomic E-state index is -0.619. The molecule has 2 aromatic heterocycles. The van der Waals surface area contributed by atoms with Crippen LogP contribution in [0.4, 0.5) is 4.39 Å². The number of hydrogen-bond acceptors (Lipinski definition) is 6. The van der Waals surface area contributed by atoms with Gasteiger partial charge in [-0.3, -0.25) is 9.36 Å². The second-order valence-corrected chi connectivity index (χ2v) is 8.10. The number of allylic oxidation sites excluding steroid dienone is 1. The summed E-state index contributed by atoms with van der Waals surface area (Å²) in [6.07, 6.45) is 1.52. The van der Waals surface area contributed by atoms with E-state index in [9.17, 15) is 14.0 Å². The van der Waals surface area contributed by atoms with Gasteiger partial charge in [0.05, 0.1) is 22.9 Å². The van der Waals surface area contributed by atoms with E-state index >= 15 is 0 Å². The van der Waals surface area contributed by atoms with E-state index in [2.05, 4.69) is 4.99 Å². The average Bonchev–Trinajstić information content (AvgIpc) is 3.31. The van der Waals surface area contributed by atoms with Gasteiger partial charge in [-0.1, -0.05) is 35.6 Å². The van der Waals surface area contributed by atoms with Crippen LogP contribution in [0.2, 0.25) is 0 Å². The molecule has 0 fully saturated rings. The number of hydrogen-bond donors (Lipinski definition) is 0. The van der Waals surface area contributed by atoms with Gasteiger partial charge in [0, 0.05) is 10.4 Å². The Balaban J connectivity index is 1.99. The van der Waals surface area contributed by atoms with Gasteiger partial charge >= 0.3 is 5.97 Å². The third-order valence-corrected chi connectivity index (χ3v) is 6.34. The zero-order chi connectivity index (χ0) is 19.8. The van der Waals surface area contributed by atoms with Crippen LogP contribution in [0.25, 0.3) is 6.08 Å². The molecule has 1 atom stereocenters. The van der Waals surface area contributed by atoms with Gasteiger partial charge in [0.15, 0.2) is 4.80 Å². The molecule has 1 aromatic carbocycles. The Kier molecular flexibility index (Phi) is 4.82. The van der Waals surface area contributed by atoms with Crippen LogP contribution in [-0.2, 0) is 9.53 Å². The van der Waals surface area contributed by atoms with Gasteiger partial charge in [-0.25, -0.2) is 14.2 Å². The second kappa shape index (κ2) is 7.29. The van der Waals surface area contributed by atoms with E-state index in [1.165, 1.54) is 46.5 Å². The van der Waals surface area contributed by atoms with Crippen LogP contribution in [0.3, 0.4) is 0 Å². The molecule has 0 amide bonds. The molecule has 0 radical (unpaired) electrons. The first-order valence-corrected chi connectivity index (χ1v) is 10.1. The number of benzene rings is 1. The highest BCUT2D eigenvalue weighted by Crippen LogP contribution is 2.32. The van der Waals surface area contributed by atoms with E-state index in [0.717, 1.165) is 4.88 Å². The average molecular weight is 414 g/mol. The van der Waals surface area contributed by atoms with Gasteiger partial charge in [-0.15, -0.1) is 11.3 Å². The van der Waals surface area contributed by atoms with E-state index in [-0.39, 0.29) is 5.56 Å². The fourth-order valence-corrected chi connectivity index (χ4v) is 5.00. The number of methoxy groups -OCH3 is 1. The number of carbonyl (C=O) groups excluding carboxylic acids is 1. The molecule has 28 heavy (non-hydrogen) atoms. The molecule has 142 valence electrons. The van der Waals surface area contributed by atoms with Crippen molar-refractivity contribution in [3.8, 4) is 0 Å². The molecule has 0 aliphatic carbocycles. The number of aromatic nitrogens is 1. The summed E-state index contributed by atoms with van der Waals surface area (Å²) >= 11 is 2.61. The zero-order valence-corrected chi connectivity index (χ0v) is 16.6. The Morgan fingerprint density at radius 1 is 1.29 bits per heavy atom. The van der Waals surface area contributed by atoms with Gasteiger partial charge in [0.1, 0.15) is 11.9 Å². The lowest BCUT2D eigenvalue weighted by molar-refractivity contribution is -0.136. The van der Waals surface area contributed by atoms with Crippen molar-refractivity contribution in [3.63, 3.8) is 0 Å². The first kappa shape index (κ1) is 18.5. The molecule has 0 saturated carbocycles. The third-order valence-electron chi connectivity index (χ3n) is 4.43. The summed E-state index contributed by atoms with van der Waals surface area (Å²) in [5, 5.41) is 1.88. The summed E-state index contributed by atoms with van der Waals surface area (Å²) in [5.41, 5.74) is 0.836. The molecule has 0 N–H and O–H groups in total. The topological polar surface area (TPSA) is 60.7 Å². The number of rotatable bonds is 3. The molecular formula is C20H15FN2O3S2. The minimum absolute atomic E-state index is 0.320. The number of thiophene rings is 1. The second-order valence-electron chi connectivity index (χ2n) is 6.11. The van der Waals surface area contributed by atoms with Crippen molar-refractivity contribution in [2.45, 2.75) is 13.0 Å². The molecule has 8 heteroatoms. The van der Waals surface area contributed by atoms with Gasteiger partial charge in [-0.05, 0) is 30.5 Å². The van der Waals surface area contributed by atoms with Gasteiger partial charge in [0.25, 0.3) is 5.56 Å². The Morgan fingerprint density at radius 3 is 2.75 bits per heavy atom. The maximum Gasteiger partial charge on any atom is 0.338 e. The number of halogens is 1. The van der Waals surface area contributed by atoms with Crippen molar-refractivity contribution in [1.82, 2.24) is 4.57 Å². The number of ether oxygens (including phenoxy) is 1. The van der Waals surface area contributed by atoms with Crippen molar-refractivity contribution in [1.29, 1.82) is 0 Å². The number of carbonyl (C=O) groups is 1. The molecule has 1 aliphatic rings. The van der Waals surface area contributed by atoms with Crippen LogP contribution in [0.15, 0.2) is 62.8 Å². The predicted molar refractivity (Wildman–Crippen MR) is 107 cm³/mol. The first-order chi connectivity index (χ1) is 13.5. The van der Waals surface area contributed by atoms with Crippen molar-refractivity contribution in [2.75, 3.05) is 7.11 Å². The van der Waals surface area contributed by atoms with Crippen LogP contribution < -0.4 is 14.9 Å². The maximum atomic E-state index is 14.0. The predicted octanol–water partition coefficient (Wildman–Crippen LogP) is 2.61. The molecule has 0 spiro atoms. The van der Waals surface area contributed by atoms with Crippen LogP contribution in [0, 0.1) is 5.82 Å². The fraction of sp³-hybridized carbons (Fsp3) is 0.150. The summed E-state index contributed by atoms with van der Waals surface area (Å²) in [7, 11) is 1.30. The normalized spacial score (nSPS) is 16.7. The van der Waals surface area contributed by atoms with Crippen molar-refractivity contribution in [2.24, 2.45) is 4.99 Å². The van der Waals surface area contributed by atoms with Gasteiger partial charge in [0.2, 0.25) is 0 Å². The number of fused-ring (bicyclic) bond motifs is 1. The minimum Gasteiger partial charge on any atom is -0.466 e. The van der Waals surface area contributed by atoms with Gasteiger partial charge < -0.3 is 4.74 Å². The largest absolute Gasteiger partial charge is 0.466 e. The Labute approximate surface area is 167 Å². The van der Waals surface area contributed by atoms with E-state index in [0.29, 0.717) is 26.2 Å². The van der Waals surface area contributed by atoms with Gasteiger partial charge in [-0.2, -0.15) is 0 Å².